The van der Waals surface area contributed by atoms with E-state index in [1.54, 1.807) is 5.80 Å². The number of hydrogen-bond acceptors (Lipinski definition) is 5. The minimum Gasteiger partial charge on any atom is -0.463 e. The van der Waals surface area contributed by atoms with Crippen LogP contribution in [0.5, 0.6) is 0 Å². The van der Waals surface area contributed by atoms with Crippen LogP contribution in [0, 0.1) is 0 Å². The largest absolute Gasteiger partial charge is 0.463 e. The van der Waals surface area contributed by atoms with Gasteiger partial charge >= 0.3 is 36.6 Å². The van der Waals surface area contributed by atoms with Crippen LogP contribution < -0.4 is 15.9 Å². The third-order valence-corrected chi connectivity index (χ3v) is 12.2. The second kappa shape index (κ2) is 21.6. The van der Waals surface area contributed by atoms with Crippen molar-refractivity contribution >= 4 is 52.9 Å². The highest BCUT2D eigenvalue weighted by Gasteiger charge is 2.39. The maximum atomic E-state index is 12.8. The Kier molecular flexibility index (Phi) is 17.5. The lowest BCUT2D eigenvalue weighted by Gasteiger charge is -2.28. The lowest BCUT2D eigenvalue weighted by atomic mass is 10.0. The van der Waals surface area contributed by atoms with E-state index in [0.717, 1.165) is 28.1 Å². The summed E-state index contributed by atoms with van der Waals surface area (Å²) >= 11 is 0. The Balaban J connectivity index is 0.000000254. The smallest absolute Gasteiger partial charge is 0.417 e. The number of aldehydes is 1. The number of halogens is 12. The minimum atomic E-state index is -4.99. The van der Waals surface area contributed by atoms with Gasteiger partial charge in [0.25, 0.3) is 0 Å². The summed E-state index contributed by atoms with van der Waals surface area (Å²) in [4.78, 5) is 33.8. The van der Waals surface area contributed by atoms with E-state index in [2.05, 4.69) is 41.1 Å². The molecule has 18 heteroatoms. The second-order valence-corrected chi connectivity index (χ2v) is 15.7. The molecule has 0 bridgehead atoms. The molecule has 0 aliphatic heterocycles. The summed E-state index contributed by atoms with van der Waals surface area (Å²) in [7, 11) is 0. The van der Waals surface area contributed by atoms with Gasteiger partial charge in [-0.3, -0.25) is 4.79 Å². The van der Waals surface area contributed by atoms with Crippen LogP contribution in [0.4, 0.5) is 52.7 Å². The lowest BCUT2D eigenvalue weighted by molar-refractivity contribution is -0.144. The van der Waals surface area contributed by atoms with Crippen LogP contribution in [-0.4, -0.2) is 37.2 Å². The molecule has 0 aliphatic rings. The van der Waals surface area contributed by atoms with Gasteiger partial charge in [0.15, 0.2) is 6.29 Å². The Labute approximate surface area is 347 Å². The number of ether oxygens (including phenoxy) is 2. The fraction of sp³-hybridized carbons (Fsp3) is 0.182. The van der Waals surface area contributed by atoms with E-state index in [9.17, 15) is 67.1 Å². The molecular weight excluding hydrogens is 867 g/mol. The quantitative estimate of drug-likeness (QED) is 0.0485. The summed E-state index contributed by atoms with van der Waals surface area (Å²) in [5.41, 5.74) is -7.28. The molecule has 0 heterocycles. The van der Waals surface area contributed by atoms with Crippen molar-refractivity contribution in [1.29, 1.82) is 0 Å². The zero-order valence-electron chi connectivity index (χ0n) is 32.4. The second-order valence-electron chi connectivity index (χ2n) is 12.4. The van der Waals surface area contributed by atoms with Crippen LogP contribution in [0.1, 0.15) is 52.0 Å². The zero-order chi connectivity index (χ0) is 46.4. The maximum Gasteiger partial charge on any atom is 0.417 e. The Morgan fingerprint density at radius 1 is 0.500 bits per heavy atom. The van der Waals surface area contributed by atoms with Gasteiger partial charge < -0.3 is 9.47 Å². The van der Waals surface area contributed by atoms with Crippen LogP contribution in [0.25, 0.3) is 6.08 Å². The molecule has 5 aromatic rings. The first-order valence-corrected chi connectivity index (χ1v) is 19.8. The van der Waals surface area contributed by atoms with Gasteiger partial charge in [0.2, 0.25) is 0 Å². The highest BCUT2D eigenvalue weighted by Crippen LogP contribution is 2.44. The fourth-order valence-electron chi connectivity index (χ4n) is 5.55. The van der Waals surface area contributed by atoms with Crippen LogP contribution in [0.2, 0.25) is 0 Å². The molecule has 0 unspecified atom stereocenters. The molecule has 0 fully saturated rings. The van der Waals surface area contributed by atoms with E-state index < -0.39 is 70.9 Å². The molecule has 330 valence electrons. The summed E-state index contributed by atoms with van der Waals surface area (Å²) in [5, 5.41) is 3.42. The third kappa shape index (κ3) is 14.0. The van der Waals surface area contributed by atoms with E-state index in [1.807, 2.05) is 61.5 Å². The van der Waals surface area contributed by atoms with E-state index in [-0.39, 0.29) is 31.0 Å². The molecule has 0 spiro atoms. The van der Waals surface area contributed by atoms with E-state index in [0.29, 0.717) is 30.9 Å². The van der Waals surface area contributed by atoms with Crippen LogP contribution in [-0.2, 0) is 43.8 Å². The predicted molar refractivity (Wildman–Crippen MR) is 212 cm³/mol. The maximum absolute atomic E-state index is 12.8. The summed E-state index contributed by atoms with van der Waals surface area (Å²) < 4.78 is 159. The third-order valence-electron chi connectivity index (χ3n) is 8.26. The Morgan fingerprint density at radius 2 is 0.855 bits per heavy atom. The van der Waals surface area contributed by atoms with Gasteiger partial charge in [-0.1, -0.05) is 103 Å². The summed E-state index contributed by atoms with van der Waals surface area (Å²) in [6.07, 6.45) is -18.4. The summed E-state index contributed by atoms with van der Waals surface area (Å²) in [5.74, 6) is 0.647. The van der Waals surface area contributed by atoms with E-state index in [1.165, 1.54) is 6.92 Å². The van der Waals surface area contributed by atoms with Gasteiger partial charge in [-0.15, -0.1) is 0 Å². The molecule has 5 rings (SSSR count). The Bertz CT molecular complexity index is 2230. The molecule has 62 heavy (non-hydrogen) atoms. The number of carbonyl (C=O) groups is 3. The van der Waals surface area contributed by atoms with Gasteiger partial charge in [0.05, 0.1) is 35.5 Å². The highest BCUT2D eigenvalue weighted by molar-refractivity contribution is 7.95. The highest BCUT2D eigenvalue weighted by atomic mass is 31.2. The van der Waals surface area contributed by atoms with Crippen molar-refractivity contribution in [2.75, 3.05) is 13.2 Å². The average Bonchev–Trinajstić information content (AvgIpc) is 3.22. The summed E-state index contributed by atoms with van der Waals surface area (Å²) in [6.45, 7) is 1.50. The predicted octanol–water partition coefficient (Wildman–Crippen LogP) is 11.2. The Morgan fingerprint density at radius 3 is 1.19 bits per heavy atom. The fourth-order valence-corrected chi connectivity index (χ4v) is 9.21. The Hall–Kier alpha value is -6.09. The van der Waals surface area contributed by atoms with Crippen molar-refractivity contribution in [2.24, 2.45) is 0 Å². The molecule has 0 atom stereocenters. The minimum absolute atomic E-state index is 0.00479. The van der Waals surface area contributed by atoms with Gasteiger partial charge in [0, 0.05) is 17.4 Å². The number of hydrogen-bond donors (Lipinski definition) is 0. The van der Waals surface area contributed by atoms with Gasteiger partial charge in [0.1, 0.15) is 0 Å². The van der Waals surface area contributed by atoms with Crippen molar-refractivity contribution in [3.05, 3.63) is 167 Å². The number of esters is 2. The molecule has 0 aromatic heterocycles. The van der Waals surface area contributed by atoms with Crippen LogP contribution in [0.3, 0.4) is 0 Å². The van der Waals surface area contributed by atoms with Gasteiger partial charge in [-0.25, -0.2) is 9.59 Å². The standard InChI is InChI=1S/C22H21O2P.C13H10F6O2.C9H4F6O/c1-2-24-22(23)18-25(19-12-6-3-7-13-19,20-14-8-4-9-15-20)21-16-10-5-11-17-21;1-2-21-11(20)6-4-8-3-5-9(12(14,15)16)7-10(8)13(17,18)19;10-8(11,12)6-2-1-5(4-16)7(3-6)9(13,14)15/h3-18H,2H2,1H3;3-7H,2H2,1H3;1-4H/b;6-4+;. The topological polar surface area (TPSA) is 69.7 Å². The zero-order valence-corrected chi connectivity index (χ0v) is 33.3. The van der Waals surface area contributed by atoms with Crippen LogP contribution >= 0.6 is 6.89 Å². The molecule has 5 aromatic carbocycles. The first kappa shape index (κ1) is 50.3. The molecule has 0 saturated heterocycles. The number of rotatable bonds is 9. The molecule has 0 amide bonds. The summed E-state index contributed by atoms with van der Waals surface area (Å²) in [6, 6.07) is 32.8. The molecule has 0 N–H and O–H groups in total. The van der Waals surface area contributed by atoms with Crippen LogP contribution in [0.15, 0.2) is 133 Å². The van der Waals surface area contributed by atoms with Crippen molar-refractivity contribution in [3.63, 3.8) is 0 Å². The van der Waals surface area contributed by atoms with E-state index in [4.69, 9.17) is 4.74 Å². The molecule has 0 radical (unpaired) electrons. The number of benzene rings is 5. The van der Waals surface area contributed by atoms with Gasteiger partial charge in [-0.05, 0) is 72.6 Å². The number of alkyl halides is 12. The monoisotopic (exact) mass is 902 g/mol. The average molecular weight is 903 g/mol. The lowest BCUT2D eigenvalue weighted by Crippen LogP contribution is -2.29. The molecule has 5 nitrogen and oxygen atoms in total. The molecule has 0 aliphatic carbocycles. The molecule has 0 saturated carbocycles. The van der Waals surface area contributed by atoms with Crippen molar-refractivity contribution in [3.8, 4) is 0 Å². The normalized spacial score (nSPS) is 12.0. The van der Waals surface area contributed by atoms with Gasteiger partial charge in [-0.2, -0.15) is 52.7 Å². The molecular formula is C44H35F12O5P. The van der Waals surface area contributed by atoms with Crippen molar-refractivity contribution < 1.29 is 76.5 Å². The van der Waals surface area contributed by atoms with E-state index >= 15 is 0 Å². The first-order chi connectivity index (χ1) is 29.0. The van der Waals surface area contributed by atoms with Crippen molar-refractivity contribution in [1.82, 2.24) is 0 Å². The first-order valence-electron chi connectivity index (χ1n) is 17.9. The number of carbonyl (C=O) groups excluding carboxylic acids is 3. The SMILES string of the molecule is CCOC(=O)/C=C/c1ccc(C(F)(F)F)cc1C(F)(F)F.CCOC(=O)C=P(c1ccccc1)(c1ccccc1)c1ccccc1.O=Cc1ccc(C(F)(F)F)cc1C(F)(F)F. The van der Waals surface area contributed by atoms with Crippen molar-refractivity contribution in [2.45, 2.75) is 38.6 Å².